The van der Waals surface area contributed by atoms with E-state index in [4.69, 9.17) is 0 Å². The molecule has 2 aliphatic rings. The molecule has 2 saturated heterocycles. The van der Waals surface area contributed by atoms with Crippen LogP contribution in [-0.4, -0.2) is 44.0 Å². The van der Waals surface area contributed by atoms with Gasteiger partial charge in [-0.25, -0.2) is 8.78 Å². The standard InChI is InChI=1S/C10H18F2N2/c1-14-6-4-10(11,12)9(8-14)3-2-5-13-7-9/h13H,2-8H2,1H3. The Bertz CT molecular complexity index is 212. The van der Waals surface area contributed by atoms with Gasteiger partial charge in [-0.3, -0.25) is 0 Å². The number of hydrogen-bond acceptors (Lipinski definition) is 2. The number of alkyl halides is 2. The third-order valence-electron chi connectivity index (χ3n) is 3.63. The van der Waals surface area contributed by atoms with Crippen LogP contribution in [-0.2, 0) is 0 Å². The molecule has 1 spiro atoms. The fraction of sp³-hybridized carbons (Fsp3) is 1.00. The molecule has 1 atom stereocenters. The van der Waals surface area contributed by atoms with Gasteiger partial charge in [0, 0.05) is 26.1 Å². The first-order valence-electron chi connectivity index (χ1n) is 5.33. The van der Waals surface area contributed by atoms with Crippen molar-refractivity contribution in [3.05, 3.63) is 0 Å². The Kier molecular flexibility index (Phi) is 2.52. The molecule has 0 bridgehead atoms. The zero-order valence-corrected chi connectivity index (χ0v) is 8.65. The van der Waals surface area contributed by atoms with Crippen molar-refractivity contribution in [3.63, 3.8) is 0 Å². The highest BCUT2D eigenvalue weighted by molar-refractivity contribution is 5.01. The summed E-state index contributed by atoms with van der Waals surface area (Å²) in [6.07, 6.45) is 1.56. The quantitative estimate of drug-likeness (QED) is 0.640. The molecule has 0 aromatic carbocycles. The lowest BCUT2D eigenvalue weighted by molar-refractivity contribution is -0.171. The molecule has 1 unspecified atom stereocenters. The molecule has 2 rings (SSSR count). The topological polar surface area (TPSA) is 15.3 Å². The summed E-state index contributed by atoms with van der Waals surface area (Å²) in [5.74, 6) is -2.48. The van der Waals surface area contributed by atoms with Crippen LogP contribution in [0.15, 0.2) is 0 Å². The van der Waals surface area contributed by atoms with Gasteiger partial charge in [0.05, 0.1) is 5.41 Å². The lowest BCUT2D eigenvalue weighted by Crippen LogP contribution is -2.60. The number of nitrogens with one attached hydrogen (secondary N) is 1. The van der Waals surface area contributed by atoms with Crippen LogP contribution in [0.5, 0.6) is 0 Å². The van der Waals surface area contributed by atoms with Crippen molar-refractivity contribution in [2.24, 2.45) is 5.41 Å². The summed E-state index contributed by atoms with van der Waals surface area (Å²) in [5.41, 5.74) is -0.793. The zero-order valence-electron chi connectivity index (χ0n) is 8.65. The summed E-state index contributed by atoms with van der Waals surface area (Å²) in [6.45, 7) is 2.42. The minimum absolute atomic E-state index is 0.0190. The Morgan fingerprint density at radius 3 is 2.71 bits per heavy atom. The summed E-state index contributed by atoms with van der Waals surface area (Å²) in [7, 11) is 1.94. The first-order valence-corrected chi connectivity index (χ1v) is 5.33. The predicted octanol–water partition coefficient (Wildman–Crippen LogP) is 1.33. The van der Waals surface area contributed by atoms with Crippen molar-refractivity contribution in [1.82, 2.24) is 10.2 Å². The van der Waals surface area contributed by atoms with Gasteiger partial charge in [0.15, 0.2) is 0 Å². The maximum absolute atomic E-state index is 13.9. The monoisotopic (exact) mass is 204 g/mol. The van der Waals surface area contributed by atoms with E-state index in [1.807, 2.05) is 11.9 Å². The van der Waals surface area contributed by atoms with E-state index in [0.717, 1.165) is 13.0 Å². The minimum atomic E-state index is -2.48. The van der Waals surface area contributed by atoms with Crippen molar-refractivity contribution in [2.75, 3.05) is 33.2 Å². The molecule has 2 aliphatic heterocycles. The Morgan fingerprint density at radius 1 is 1.29 bits per heavy atom. The first kappa shape index (κ1) is 10.3. The molecule has 2 fully saturated rings. The second-order valence-corrected chi connectivity index (χ2v) is 4.75. The van der Waals surface area contributed by atoms with E-state index in [1.54, 1.807) is 0 Å². The van der Waals surface area contributed by atoms with Crippen molar-refractivity contribution >= 4 is 0 Å². The van der Waals surface area contributed by atoms with E-state index < -0.39 is 11.3 Å². The van der Waals surface area contributed by atoms with E-state index in [-0.39, 0.29) is 6.42 Å². The van der Waals surface area contributed by atoms with Crippen LogP contribution in [0, 0.1) is 5.41 Å². The molecule has 2 heterocycles. The molecule has 0 amide bonds. The van der Waals surface area contributed by atoms with Crippen molar-refractivity contribution < 1.29 is 8.78 Å². The average molecular weight is 204 g/mol. The average Bonchev–Trinajstić information content (AvgIpc) is 2.14. The molecule has 4 heteroatoms. The van der Waals surface area contributed by atoms with Crippen LogP contribution in [0.3, 0.4) is 0 Å². The number of piperidine rings is 2. The van der Waals surface area contributed by atoms with Crippen LogP contribution in [0.2, 0.25) is 0 Å². The molecule has 2 nitrogen and oxygen atoms in total. The molecule has 0 radical (unpaired) electrons. The van der Waals surface area contributed by atoms with Crippen LogP contribution in [0.25, 0.3) is 0 Å². The van der Waals surface area contributed by atoms with Crippen molar-refractivity contribution in [2.45, 2.75) is 25.2 Å². The molecular formula is C10H18F2N2. The lowest BCUT2D eigenvalue weighted by atomic mass is 9.71. The fourth-order valence-corrected chi connectivity index (χ4v) is 2.72. The van der Waals surface area contributed by atoms with Gasteiger partial charge in [-0.05, 0) is 26.4 Å². The number of hydrogen-bond donors (Lipinski definition) is 1. The van der Waals surface area contributed by atoms with Gasteiger partial charge >= 0.3 is 0 Å². The van der Waals surface area contributed by atoms with Crippen LogP contribution < -0.4 is 5.32 Å². The van der Waals surface area contributed by atoms with Gasteiger partial charge < -0.3 is 10.2 Å². The molecule has 1 N–H and O–H groups in total. The Balaban J connectivity index is 2.18. The number of rotatable bonds is 0. The third kappa shape index (κ3) is 1.54. The van der Waals surface area contributed by atoms with Gasteiger partial charge in [-0.2, -0.15) is 0 Å². The normalized spacial score (nSPS) is 38.8. The van der Waals surface area contributed by atoms with Crippen molar-refractivity contribution in [3.8, 4) is 0 Å². The third-order valence-corrected chi connectivity index (χ3v) is 3.63. The highest BCUT2D eigenvalue weighted by Gasteiger charge is 2.55. The molecule has 0 saturated carbocycles. The van der Waals surface area contributed by atoms with E-state index >= 15 is 0 Å². The molecule has 14 heavy (non-hydrogen) atoms. The second kappa shape index (κ2) is 3.42. The maximum Gasteiger partial charge on any atom is 0.257 e. The highest BCUT2D eigenvalue weighted by atomic mass is 19.3. The van der Waals surface area contributed by atoms with Crippen molar-refractivity contribution in [1.29, 1.82) is 0 Å². The van der Waals surface area contributed by atoms with E-state index in [2.05, 4.69) is 5.32 Å². The molecule has 0 aromatic rings. The minimum Gasteiger partial charge on any atom is -0.316 e. The predicted molar refractivity (Wildman–Crippen MR) is 51.6 cm³/mol. The SMILES string of the molecule is CN1CCC(F)(F)C2(CCCNC2)C1. The fourth-order valence-electron chi connectivity index (χ4n) is 2.72. The number of likely N-dealkylation sites (tertiary alicyclic amines) is 1. The Hall–Kier alpha value is -0.220. The second-order valence-electron chi connectivity index (χ2n) is 4.75. The highest BCUT2D eigenvalue weighted by Crippen LogP contribution is 2.47. The Labute approximate surface area is 83.7 Å². The van der Waals surface area contributed by atoms with Crippen LogP contribution >= 0.6 is 0 Å². The number of nitrogens with zero attached hydrogens (tertiary/aromatic N) is 1. The van der Waals surface area contributed by atoms with Crippen LogP contribution in [0.1, 0.15) is 19.3 Å². The molecule has 0 aliphatic carbocycles. The first-order chi connectivity index (χ1) is 6.56. The van der Waals surface area contributed by atoms with E-state index in [9.17, 15) is 8.78 Å². The summed E-state index contributed by atoms with van der Waals surface area (Å²) >= 11 is 0. The molecule has 82 valence electrons. The number of halogens is 2. The van der Waals surface area contributed by atoms with Gasteiger partial charge in [-0.1, -0.05) is 0 Å². The summed E-state index contributed by atoms with van der Waals surface area (Å²) < 4.78 is 27.7. The van der Waals surface area contributed by atoms with Gasteiger partial charge in [0.1, 0.15) is 0 Å². The molecule has 0 aromatic heterocycles. The molecular weight excluding hydrogens is 186 g/mol. The van der Waals surface area contributed by atoms with Gasteiger partial charge in [-0.15, -0.1) is 0 Å². The zero-order chi connectivity index (χ0) is 10.2. The summed E-state index contributed by atoms with van der Waals surface area (Å²) in [5, 5.41) is 3.11. The lowest BCUT2D eigenvalue weighted by Gasteiger charge is -2.49. The smallest absolute Gasteiger partial charge is 0.257 e. The summed E-state index contributed by atoms with van der Waals surface area (Å²) in [6, 6.07) is 0. The van der Waals surface area contributed by atoms with E-state index in [0.29, 0.717) is 26.1 Å². The Morgan fingerprint density at radius 2 is 2.07 bits per heavy atom. The summed E-state index contributed by atoms with van der Waals surface area (Å²) in [4.78, 5) is 2.03. The van der Waals surface area contributed by atoms with Crippen LogP contribution in [0.4, 0.5) is 8.78 Å². The van der Waals surface area contributed by atoms with Gasteiger partial charge in [0.25, 0.3) is 5.92 Å². The van der Waals surface area contributed by atoms with E-state index in [1.165, 1.54) is 0 Å². The largest absolute Gasteiger partial charge is 0.316 e. The van der Waals surface area contributed by atoms with Gasteiger partial charge in [0.2, 0.25) is 0 Å². The maximum atomic E-state index is 13.9.